The van der Waals surface area contributed by atoms with Crippen LogP contribution in [0, 0.1) is 6.92 Å². The fourth-order valence-corrected chi connectivity index (χ4v) is 3.90. The normalized spacial score (nSPS) is 10.6. The SMILES string of the molecule is Cc1ccc(C(=O)Oc2ccc(C(=O)COC(=O)c3cn(-c4ccccc4)nc3-c3ccccc3)cc2)cc1. The van der Waals surface area contributed by atoms with Gasteiger partial charge in [0.25, 0.3) is 0 Å². The van der Waals surface area contributed by atoms with Crippen molar-refractivity contribution < 1.29 is 23.9 Å². The molecule has 4 aromatic carbocycles. The van der Waals surface area contributed by atoms with Crippen molar-refractivity contribution in [3.63, 3.8) is 0 Å². The number of ether oxygens (including phenoxy) is 2. The molecule has 1 heterocycles. The van der Waals surface area contributed by atoms with Gasteiger partial charge < -0.3 is 9.47 Å². The highest BCUT2D eigenvalue weighted by molar-refractivity contribution is 6.01. The van der Waals surface area contributed by atoms with Crippen molar-refractivity contribution in [2.75, 3.05) is 6.61 Å². The minimum absolute atomic E-state index is 0.246. The first kappa shape index (κ1) is 25.4. The number of rotatable bonds is 8. The van der Waals surface area contributed by atoms with Gasteiger partial charge in [-0.25, -0.2) is 14.3 Å². The number of nitrogens with zero attached hydrogens (tertiary/aromatic N) is 2. The number of aryl methyl sites for hydroxylation is 1. The topological polar surface area (TPSA) is 87.5 Å². The molecule has 0 aliphatic carbocycles. The molecule has 0 amide bonds. The number of carbonyl (C=O) groups is 3. The Labute approximate surface area is 225 Å². The van der Waals surface area contributed by atoms with E-state index in [1.165, 1.54) is 24.3 Å². The molecule has 39 heavy (non-hydrogen) atoms. The van der Waals surface area contributed by atoms with E-state index in [0.29, 0.717) is 22.6 Å². The first-order valence-electron chi connectivity index (χ1n) is 12.3. The molecule has 0 aliphatic rings. The predicted octanol–water partition coefficient (Wildman–Crippen LogP) is 6.11. The third-order valence-corrected chi connectivity index (χ3v) is 6.01. The van der Waals surface area contributed by atoms with Gasteiger partial charge in [-0.2, -0.15) is 5.10 Å². The Kier molecular flexibility index (Phi) is 7.41. The lowest BCUT2D eigenvalue weighted by atomic mass is 10.1. The zero-order valence-corrected chi connectivity index (χ0v) is 21.1. The maximum absolute atomic E-state index is 13.1. The molecule has 0 bridgehead atoms. The summed E-state index contributed by atoms with van der Waals surface area (Å²) in [6.07, 6.45) is 1.60. The van der Waals surface area contributed by atoms with Crippen LogP contribution in [-0.2, 0) is 4.74 Å². The fourth-order valence-electron chi connectivity index (χ4n) is 3.90. The van der Waals surface area contributed by atoms with Crippen LogP contribution in [0.5, 0.6) is 5.75 Å². The molecule has 1 aromatic heterocycles. The second kappa shape index (κ2) is 11.4. The van der Waals surface area contributed by atoms with Crippen molar-refractivity contribution in [3.8, 4) is 22.7 Å². The molecule has 0 atom stereocenters. The summed E-state index contributed by atoms with van der Waals surface area (Å²) in [5.74, 6) is -1.24. The van der Waals surface area contributed by atoms with E-state index in [9.17, 15) is 14.4 Å². The van der Waals surface area contributed by atoms with Crippen LogP contribution in [0.15, 0.2) is 115 Å². The average Bonchev–Trinajstić information content (AvgIpc) is 3.43. The van der Waals surface area contributed by atoms with E-state index < -0.39 is 24.3 Å². The summed E-state index contributed by atoms with van der Waals surface area (Å²) >= 11 is 0. The van der Waals surface area contributed by atoms with Crippen LogP contribution in [0.1, 0.15) is 36.6 Å². The molecule has 5 aromatic rings. The van der Waals surface area contributed by atoms with Crippen molar-refractivity contribution in [2.45, 2.75) is 6.92 Å². The van der Waals surface area contributed by atoms with E-state index in [1.54, 1.807) is 23.0 Å². The van der Waals surface area contributed by atoms with Crippen LogP contribution in [0.2, 0.25) is 0 Å². The zero-order chi connectivity index (χ0) is 27.2. The smallest absolute Gasteiger partial charge is 0.343 e. The van der Waals surface area contributed by atoms with Crippen LogP contribution in [0.25, 0.3) is 16.9 Å². The summed E-state index contributed by atoms with van der Waals surface area (Å²) in [6, 6.07) is 31.9. The third kappa shape index (κ3) is 5.99. The van der Waals surface area contributed by atoms with Crippen molar-refractivity contribution in [1.82, 2.24) is 9.78 Å². The highest BCUT2D eigenvalue weighted by Crippen LogP contribution is 2.24. The van der Waals surface area contributed by atoms with Gasteiger partial charge in [0.15, 0.2) is 12.4 Å². The Morgan fingerprint density at radius 2 is 1.33 bits per heavy atom. The van der Waals surface area contributed by atoms with Gasteiger partial charge in [0.2, 0.25) is 0 Å². The number of Topliss-reactive ketones (excluding diaryl/α,β-unsaturated/α-hetero) is 1. The van der Waals surface area contributed by atoms with Crippen LogP contribution in [-0.4, -0.2) is 34.1 Å². The van der Waals surface area contributed by atoms with Gasteiger partial charge in [-0.1, -0.05) is 66.2 Å². The van der Waals surface area contributed by atoms with E-state index in [4.69, 9.17) is 9.47 Å². The quantitative estimate of drug-likeness (QED) is 0.141. The summed E-state index contributed by atoms with van der Waals surface area (Å²) in [4.78, 5) is 38.1. The molecule has 7 heteroatoms. The minimum Gasteiger partial charge on any atom is -0.454 e. The number of hydrogen-bond donors (Lipinski definition) is 0. The van der Waals surface area contributed by atoms with Gasteiger partial charge in [-0.05, 0) is 55.5 Å². The number of carbonyl (C=O) groups excluding carboxylic acids is 3. The summed E-state index contributed by atoms with van der Waals surface area (Å²) in [5, 5.41) is 4.61. The molecule has 0 N–H and O–H groups in total. The van der Waals surface area contributed by atoms with Gasteiger partial charge in [-0.15, -0.1) is 0 Å². The van der Waals surface area contributed by atoms with Crippen LogP contribution in [0.4, 0.5) is 0 Å². The van der Waals surface area contributed by atoms with Gasteiger partial charge in [0, 0.05) is 17.3 Å². The monoisotopic (exact) mass is 516 g/mol. The van der Waals surface area contributed by atoms with E-state index in [0.717, 1.165) is 16.8 Å². The highest BCUT2D eigenvalue weighted by Gasteiger charge is 2.21. The van der Waals surface area contributed by atoms with Gasteiger partial charge in [0.05, 0.1) is 11.3 Å². The lowest BCUT2D eigenvalue weighted by molar-refractivity contribution is 0.0475. The molecule has 0 fully saturated rings. The van der Waals surface area contributed by atoms with E-state index in [-0.39, 0.29) is 5.56 Å². The number of ketones is 1. The number of aromatic nitrogens is 2. The van der Waals surface area contributed by atoms with E-state index >= 15 is 0 Å². The van der Waals surface area contributed by atoms with Crippen molar-refractivity contribution in [1.29, 1.82) is 0 Å². The fraction of sp³-hybridized carbons (Fsp3) is 0.0625. The second-order valence-corrected chi connectivity index (χ2v) is 8.82. The first-order chi connectivity index (χ1) is 19.0. The molecule has 7 nitrogen and oxygen atoms in total. The van der Waals surface area contributed by atoms with Crippen molar-refractivity contribution in [3.05, 3.63) is 138 Å². The van der Waals surface area contributed by atoms with Gasteiger partial charge in [0.1, 0.15) is 17.0 Å². The Hall–Kier alpha value is -5.30. The van der Waals surface area contributed by atoms with Gasteiger partial charge in [-0.3, -0.25) is 4.79 Å². The molecule has 0 spiro atoms. The Balaban J connectivity index is 1.26. The molecule has 0 saturated heterocycles. The van der Waals surface area contributed by atoms with Crippen LogP contribution >= 0.6 is 0 Å². The number of para-hydroxylation sites is 1. The Bertz CT molecular complexity index is 1610. The summed E-state index contributed by atoms with van der Waals surface area (Å²) < 4.78 is 12.4. The van der Waals surface area contributed by atoms with Crippen molar-refractivity contribution in [2.24, 2.45) is 0 Å². The molecule has 5 rings (SSSR count). The van der Waals surface area contributed by atoms with Gasteiger partial charge >= 0.3 is 11.9 Å². The molecule has 0 aliphatic heterocycles. The van der Waals surface area contributed by atoms with Crippen LogP contribution < -0.4 is 4.74 Å². The van der Waals surface area contributed by atoms with Crippen LogP contribution in [0.3, 0.4) is 0 Å². The lowest BCUT2D eigenvalue weighted by Crippen LogP contribution is -2.14. The Morgan fingerprint density at radius 1 is 0.718 bits per heavy atom. The number of hydrogen-bond acceptors (Lipinski definition) is 6. The maximum atomic E-state index is 13.1. The van der Waals surface area contributed by atoms with E-state index in [2.05, 4.69) is 5.10 Å². The molecule has 0 saturated carbocycles. The first-order valence-corrected chi connectivity index (χ1v) is 12.3. The molecular formula is C32H24N2O5. The largest absolute Gasteiger partial charge is 0.454 e. The maximum Gasteiger partial charge on any atom is 0.343 e. The predicted molar refractivity (Wildman–Crippen MR) is 146 cm³/mol. The minimum atomic E-state index is -0.659. The highest BCUT2D eigenvalue weighted by atomic mass is 16.5. The standard InChI is InChI=1S/C32H24N2O5/c1-22-12-14-25(15-13-22)31(36)39-27-18-16-23(17-19-27)29(35)21-38-32(37)28-20-34(26-10-6-3-7-11-26)33-30(28)24-8-4-2-5-9-24/h2-20H,21H2,1H3. The lowest BCUT2D eigenvalue weighted by Gasteiger charge is -2.07. The van der Waals surface area contributed by atoms with Crippen molar-refractivity contribution >= 4 is 17.7 Å². The average molecular weight is 517 g/mol. The second-order valence-electron chi connectivity index (χ2n) is 8.82. The molecule has 0 radical (unpaired) electrons. The zero-order valence-electron chi connectivity index (χ0n) is 21.1. The molecule has 192 valence electrons. The third-order valence-electron chi connectivity index (χ3n) is 6.01. The van der Waals surface area contributed by atoms with E-state index in [1.807, 2.05) is 79.7 Å². The summed E-state index contributed by atoms with van der Waals surface area (Å²) in [7, 11) is 0. The Morgan fingerprint density at radius 3 is 2.00 bits per heavy atom. The molecule has 0 unspecified atom stereocenters. The number of benzene rings is 4. The summed E-state index contributed by atoms with van der Waals surface area (Å²) in [5.41, 5.74) is 4.03. The summed E-state index contributed by atoms with van der Waals surface area (Å²) in [6.45, 7) is 1.48. The molecular weight excluding hydrogens is 492 g/mol. The number of esters is 2.